The number of hydrogen-bond donors (Lipinski definition) is 1. The Morgan fingerprint density at radius 3 is 2.43 bits per heavy atom. The Kier molecular flexibility index (Phi) is 6.73. The number of ether oxygens (including phenoxy) is 3. The molecule has 0 bridgehead atoms. The number of methoxy groups -OCH3 is 1. The Balaban J connectivity index is 1.51. The van der Waals surface area contributed by atoms with E-state index in [1.54, 1.807) is 7.11 Å². The number of hydrogen-bond acceptors (Lipinski definition) is 4. The van der Waals surface area contributed by atoms with Gasteiger partial charge in [0.1, 0.15) is 12.4 Å². The van der Waals surface area contributed by atoms with Crippen LogP contribution >= 0.6 is 0 Å². The van der Waals surface area contributed by atoms with Crippen molar-refractivity contribution in [2.45, 2.75) is 19.4 Å². The first kappa shape index (κ1) is 19.5. The van der Waals surface area contributed by atoms with Gasteiger partial charge in [-0.25, -0.2) is 0 Å². The van der Waals surface area contributed by atoms with Gasteiger partial charge in [-0.1, -0.05) is 49.4 Å². The van der Waals surface area contributed by atoms with E-state index in [1.165, 1.54) is 0 Å². The zero-order valence-electron chi connectivity index (χ0n) is 16.2. The van der Waals surface area contributed by atoms with Crippen LogP contribution in [0.25, 0.3) is 10.8 Å². The van der Waals surface area contributed by atoms with Crippen LogP contribution in [0.5, 0.6) is 17.2 Å². The summed E-state index contributed by atoms with van der Waals surface area (Å²) in [5, 5.41) is 5.09. The minimum atomic E-state index is -0.549. The smallest absolute Gasteiger partial charge is 0.261 e. The summed E-state index contributed by atoms with van der Waals surface area (Å²) in [7, 11) is 1.60. The number of carbonyl (C=O) groups is 1. The third kappa shape index (κ3) is 4.94. The Bertz CT molecular complexity index is 925. The van der Waals surface area contributed by atoms with Crippen molar-refractivity contribution < 1.29 is 19.0 Å². The van der Waals surface area contributed by atoms with Crippen LogP contribution in [0.2, 0.25) is 0 Å². The van der Waals surface area contributed by atoms with Crippen LogP contribution in [0.4, 0.5) is 0 Å². The molecule has 0 unspecified atom stereocenters. The molecule has 0 saturated heterocycles. The second kappa shape index (κ2) is 9.65. The van der Waals surface area contributed by atoms with Crippen LogP contribution in [0, 0.1) is 0 Å². The highest BCUT2D eigenvalue weighted by Crippen LogP contribution is 2.25. The highest BCUT2D eigenvalue weighted by molar-refractivity contribution is 5.84. The third-order valence-electron chi connectivity index (χ3n) is 4.39. The molecular formula is C23H25NO4. The van der Waals surface area contributed by atoms with E-state index in [0.717, 1.165) is 10.8 Å². The number of rotatable bonds is 9. The van der Waals surface area contributed by atoms with Crippen molar-refractivity contribution in [1.29, 1.82) is 0 Å². The molecule has 0 spiro atoms. The number of fused-ring (bicyclic) bond motifs is 1. The number of carbonyl (C=O) groups excluding carboxylic acids is 1. The molecule has 3 aromatic rings. The molecule has 0 aromatic heterocycles. The number of para-hydroxylation sites is 2. The highest BCUT2D eigenvalue weighted by atomic mass is 16.5. The normalized spacial score (nSPS) is 11.6. The first-order valence-corrected chi connectivity index (χ1v) is 9.40. The molecule has 0 saturated carbocycles. The second-order valence-corrected chi connectivity index (χ2v) is 6.31. The monoisotopic (exact) mass is 379 g/mol. The summed E-state index contributed by atoms with van der Waals surface area (Å²) in [6, 6.07) is 21.3. The molecule has 0 aliphatic rings. The maximum absolute atomic E-state index is 12.5. The Hall–Kier alpha value is -3.21. The zero-order chi connectivity index (χ0) is 19.8. The van der Waals surface area contributed by atoms with Crippen molar-refractivity contribution in [1.82, 2.24) is 5.32 Å². The highest BCUT2D eigenvalue weighted by Gasteiger charge is 2.18. The van der Waals surface area contributed by atoms with Crippen LogP contribution in [-0.4, -0.2) is 32.3 Å². The van der Waals surface area contributed by atoms with Gasteiger partial charge in [0.2, 0.25) is 0 Å². The van der Waals surface area contributed by atoms with E-state index in [1.807, 2.05) is 73.7 Å². The minimum Gasteiger partial charge on any atom is -0.493 e. The fraction of sp³-hybridized carbons (Fsp3) is 0.261. The van der Waals surface area contributed by atoms with E-state index in [9.17, 15) is 4.79 Å². The third-order valence-corrected chi connectivity index (χ3v) is 4.39. The van der Waals surface area contributed by atoms with Gasteiger partial charge in [0, 0.05) is 0 Å². The molecule has 5 nitrogen and oxygen atoms in total. The van der Waals surface area contributed by atoms with Gasteiger partial charge in [-0.3, -0.25) is 4.79 Å². The van der Waals surface area contributed by atoms with Crippen molar-refractivity contribution in [3.63, 3.8) is 0 Å². The molecule has 1 amide bonds. The average Bonchev–Trinajstić information content (AvgIpc) is 2.75. The van der Waals surface area contributed by atoms with Gasteiger partial charge in [0.25, 0.3) is 5.91 Å². The first-order chi connectivity index (χ1) is 13.7. The van der Waals surface area contributed by atoms with Crippen molar-refractivity contribution in [3.05, 3.63) is 66.7 Å². The zero-order valence-corrected chi connectivity index (χ0v) is 16.2. The van der Waals surface area contributed by atoms with Gasteiger partial charge in [0.05, 0.1) is 13.7 Å². The molecule has 3 aromatic carbocycles. The van der Waals surface area contributed by atoms with Gasteiger partial charge in [-0.05, 0) is 41.5 Å². The molecule has 0 fully saturated rings. The standard InChI is InChI=1S/C23H25NO4/c1-3-20(28-19-13-12-17-8-4-5-9-18(17)16-19)23(25)24-14-15-27-22-11-7-6-10-21(22)26-2/h4-13,16,20H,3,14-15H2,1-2H3,(H,24,25)/t20-/m0/s1. The summed E-state index contributed by atoms with van der Waals surface area (Å²) in [6.07, 6.45) is 0.0267. The predicted molar refractivity (Wildman–Crippen MR) is 110 cm³/mol. The maximum atomic E-state index is 12.5. The fourth-order valence-corrected chi connectivity index (χ4v) is 2.91. The van der Waals surface area contributed by atoms with Crippen molar-refractivity contribution >= 4 is 16.7 Å². The topological polar surface area (TPSA) is 56.8 Å². The number of benzene rings is 3. The van der Waals surface area contributed by atoms with Crippen LogP contribution in [0.1, 0.15) is 13.3 Å². The fourth-order valence-electron chi connectivity index (χ4n) is 2.91. The largest absolute Gasteiger partial charge is 0.493 e. The Labute approximate surface area is 165 Å². The molecule has 146 valence electrons. The minimum absolute atomic E-state index is 0.153. The van der Waals surface area contributed by atoms with Gasteiger partial charge in [-0.2, -0.15) is 0 Å². The van der Waals surface area contributed by atoms with E-state index in [-0.39, 0.29) is 5.91 Å². The summed E-state index contributed by atoms with van der Waals surface area (Å²) < 4.78 is 16.8. The molecule has 28 heavy (non-hydrogen) atoms. The van der Waals surface area contributed by atoms with Gasteiger partial charge in [0.15, 0.2) is 17.6 Å². The lowest BCUT2D eigenvalue weighted by atomic mass is 10.1. The number of nitrogens with one attached hydrogen (secondary N) is 1. The number of amides is 1. The van der Waals surface area contributed by atoms with Crippen molar-refractivity contribution in [3.8, 4) is 17.2 Å². The summed E-state index contributed by atoms with van der Waals surface area (Å²) in [4.78, 5) is 12.5. The average molecular weight is 379 g/mol. The molecule has 1 N–H and O–H groups in total. The summed E-state index contributed by atoms with van der Waals surface area (Å²) in [5.74, 6) is 1.85. The predicted octanol–water partition coefficient (Wildman–Crippen LogP) is 4.20. The summed E-state index contributed by atoms with van der Waals surface area (Å²) in [5.41, 5.74) is 0. The lowest BCUT2D eigenvalue weighted by molar-refractivity contribution is -0.128. The second-order valence-electron chi connectivity index (χ2n) is 6.31. The molecule has 1 atom stereocenters. The van der Waals surface area contributed by atoms with Crippen LogP contribution in [0.15, 0.2) is 66.7 Å². The summed E-state index contributed by atoms with van der Waals surface area (Å²) >= 11 is 0. The van der Waals surface area contributed by atoms with Gasteiger partial charge in [-0.15, -0.1) is 0 Å². The van der Waals surface area contributed by atoms with Crippen LogP contribution in [-0.2, 0) is 4.79 Å². The SMILES string of the molecule is CC[C@H](Oc1ccc2ccccc2c1)C(=O)NCCOc1ccccc1OC. The van der Waals surface area contributed by atoms with Crippen LogP contribution < -0.4 is 19.5 Å². The van der Waals surface area contributed by atoms with E-state index in [0.29, 0.717) is 36.8 Å². The molecule has 0 aliphatic heterocycles. The molecule has 3 rings (SSSR count). The van der Waals surface area contributed by atoms with E-state index in [2.05, 4.69) is 5.32 Å². The van der Waals surface area contributed by atoms with E-state index < -0.39 is 6.10 Å². The Morgan fingerprint density at radius 1 is 0.964 bits per heavy atom. The van der Waals surface area contributed by atoms with E-state index >= 15 is 0 Å². The summed E-state index contributed by atoms with van der Waals surface area (Å²) in [6.45, 7) is 2.66. The van der Waals surface area contributed by atoms with Gasteiger partial charge >= 0.3 is 0 Å². The maximum Gasteiger partial charge on any atom is 0.261 e. The van der Waals surface area contributed by atoms with Crippen molar-refractivity contribution in [2.24, 2.45) is 0 Å². The van der Waals surface area contributed by atoms with E-state index in [4.69, 9.17) is 14.2 Å². The lowest BCUT2D eigenvalue weighted by Gasteiger charge is -2.18. The van der Waals surface area contributed by atoms with Crippen LogP contribution in [0.3, 0.4) is 0 Å². The molecule has 0 aliphatic carbocycles. The quantitative estimate of drug-likeness (QED) is 0.566. The molecule has 5 heteroatoms. The van der Waals surface area contributed by atoms with Crippen molar-refractivity contribution in [2.75, 3.05) is 20.3 Å². The van der Waals surface area contributed by atoms with Gasteiger partial charge < -0.3 is 19.5 Å². The lowest BCUT2D eigenvalue weighted by Crippen LogP contribution is -2.39. The first-order valence-electron chi connectivity index (χ1n) is 9.40. The molecular weight excluding hydrogens is 354 g/mol. The Morgan fingerprint density at radius 2 is 1.68 bits per heavy atom. The molecule has 0 heterocycles. The molecule has 0 radical (unpaired) electrons.